The van der Waals surface area contributed by atoms with E-state index in [-0.39, 0.29) is 0 Å². The Kier molecular flexibility index (Phi) is 27.3. The first kappa shape index (κ1) is 32.9. The van der Waals surface area contributed by atoms with Gasteiger partial charge in [-0.25, -0.2) is 0 Å². The van der Waals surface area contributed by atoms with Crippen LogP contribution in [0.15, 0.2) is 0 Å². The average Bonchev–Trinajstić information content (AvgIpc) is 2.79. The molecule has 0 heterocycles. The molecule has 0 rings (SSSR count). The second kappa shape index (κ2) is 26.5. The van der Waals surface area contributed by atoms with Crippen molar-refractivity contribution in [2.45, 2.75) is 156 Å². The molecule has 0 aromatic rings. The molecule has 0 amide bonds. The summed E-state index contributed by atoms with van der Waals surface area (Å²) in [6.45, 7) is 8.40. The van der Waals surface area contributed by atoms with Crippen LogP contribution in [0.2, 0.25) is 0 Å². The molecule has 0 aliphatic rings. The lowest BCUT2D eigenvalue weighted by Gasteiger charge is -2.21. The number of unbranched alkanes of at least 4 members (excludes halogenated alkanes) is 18. The Morgan fingerprint density at radius 2 is 0.781 bits per heavy atom. The zero-order chi connectivity index (χ0) is 23.6. The molecular formula is C27H57O2PS2. The van der Waals surface area contributed by atoms with E-state index in [1.165, 1.54) is 122 Å². The summed E-state index contributed by atoms with van der Waals surface area (Å²) in [6.07, 6.45) is 27.7. The molecule has 0 fully saturated rings. The molecule has 194 valence electrons. The van der Waals surface area contributed by atoms with E-state index in [0.717, 1.165) is 31.8 Å². The van der Waals surface area contributed by atoms with E-state index in [0.29, 0.717) is 0 Å². The second-order valence-electron chi connectivity index (χ2n) is 9.31. The van der Waals surface area contributed by atoms with Crippen molar-refractivity contribution < 1.29 is 9.05 Å². The molecule has 5 heteroatoms. The fourth-order valence-electron chi connectivity index (χ4n) is 3.82. The van der Waals surface area contributed by atoms with Crippen LogP contribution < -0.4 is 0 Å². The largest absolute Gasteiger partial charge is 0.322 e. The van der Waals surface area contributed by atoms with E-state index in [2.05, 4.69) is 20.8 Å². The van der Waals surface area contributed by atoms with Gasteiger partial charge < -0.3 is 9.05 Å². The van der Waals surface area contributed by atoms with Gasteiger partial charge in [-0.15, -0.1) is 0 Å². The highest BCUT2D eigenvalue weighted by Gasteiger charge is 2.19. The Bertz CT molecular complexity index is 350. The third-order valence-corrected chi connectivity index (χ3v) is 11.5. The van der Waals surface area contributed by atoms with E-state index < -0.39 is 5.69 Å². The van der Waals surface area contributed by atoms with E-state index in [4.69, 9.17) is 20.9 Å². The molecule has 0 aliphatic carbocycles. The molecular weight excluding hydrogens is 451 g/mol. The van der Waals surface area contributed by atoms with Crippen molar-refractivity contribution in [1.82, 2.24) is 0 Å². The molecule has 0 aliphatic heterocycles. The van der Waals surface area contributed by atoms with Gasteiger partial charge in [-0.3, -0.25) is 0 Å². The topological polar surface area (TPSA) is 18.5 Å². The number of rotatable bonds is 27. The lowest BCUT2D eigenvalue weighted by molar-refractivity contribution is 0.249. The Morgan fingerprint density at radius 3 is 1.16 bits per heavy atom. The maximum absolute atomic E-state index is 6.24. The van der Waals surface area contributed by atoms with Gasteiger partial charge in [-0.1, -0.05) is 148 Å². The molecule has 0 saturated heterocycles. The summed E-state index contributed by atoms with van der Waals surface area (Å²) in [5.41, 5.74) is -2.17. The van der Waals surface area contributed by atoms with Crippen LogP contribution in [-0.4, -0.2) is 19.0 Å². The average molecular weight is 509 g/mol. The summed E-state index contributed by atoms with van der Waals surface area (Å²) in [5.74, 6) is 1.10. The SMILES string of the molecule is CCCCCCCCCOP(=S)(OCCCCCCCCC)SCCCCCCCCC. The van der Waals surface area contributed by atoms with Gasteiger partial charge in [0.15, 0.2) is 0 Å². The number of hydrogen-bond donors (Lipinski definition) is 0. The van der Waals surface area contributed by atoms with Crippen LogP contribution in [-0.2, 0) is 20.9 Å². The standard InChI is InChI=1S/C27H57O2PS2/c1-4-7-10-13-16-19-22-25-28-30(31,29-26-23-20-17-14-11-8-5-2)32-27-24-21-18-15-12-9-6-3/h4-27H2,1-3H3. The summed E-state index contributed by atoms with van der Waals surface area (Å²) in [7, 11) is 0. The molecule has 0 aromatic heterocycles. The van der Waals surface area contributed by atoms with Crippen LogP contribution in [0.3, 0.4) is 0 Å². The monoisotopic (exact) mass is 508 g/mol. The zero-order valence-electron chi connectivity index (χ0n) is 22.1. The fourth-order valence-corrected chi connectivity index (χ4v) is 8.37. The molecule has 0 saturated carbocycles. The van der Waals surface area contributed by atoms with Crippen LogP contribution in [0.5, 0.6) is 0 Å². The van der Waals surface area contributed by atoms with Gasteiger partial charge in [0.2, 0.25) is 5.69 Å². The lowest BCUT2D eigenvalue weighted by Crippen LogP contribution is -1.98. The Morgan fingerprint density at radius 1 is 0.469 bits per heavy atom. The highest BCUT2D eigenvalue weighted by molar-refractivity contribution is 8.67. The van der Waals surface area contributed by atoms with E-state index in [1.807, 2.05) is 11.4 Å². The van der Waals surface area contributed by atoms with E-state index in [1.54, 1.807) is 0 Å². The van der Waals surface area contributed by atoms with Gasteiger partial charge >= 0.3 is 0 Å². The minimum absolute atomic E-state index is 0.784. The summed E-state index contributed by atoms with van der Waals surface area (Å²) >= 11 is 7.76. The van der Waals surface area contributed by atoms with E-state index in [9.17, 15) is 0 Å². The molecule has 32 heavy (non-hydrogen) atoms. The first-order valence-corrected chi connectivity index (χ1v) is 18.4. The minimum Gasteiger partial charge on any atom is -0.322 e. The van der Waals surface area contributed by atoms with Gasteiger partial charge in [0.05, 0.1) is 13.2 Å². The summed E-state index contributed by atoms with van der Waals surface area (Å²) in [5, 5.41) is 0. The molecule has 0 radical (unpaired) electrons. The van der Waals surface area contributed by atoms with Crippen LogP contribution >= 0.6 is 17.1 Å². The molecule has 0 atom stereocenters. The van der Waals surface area contributed by atoms with Crippen molar-refractivity contribution in [2.75, 3.05) is 19.0 Å². The summed E-state index contributed by atoms with van der Waals surface area (Å²) < 4.78 is 12.5. The van der Waals surface area contributed by atoms with Crippen molar-refractivity contribution in [3.8, 4) is 0 Å². The van der Waals surface area contributed by atoms with Gasteiger partial charge in [0.1, 0.15) is 0 Å². The van der Waals surface area contributed by atoms with E-state index >= 15 is 0 Å². The van der Waals surface area contributed by atoms with Crippen LogP contribution in [0.25, 0.3) is 0 Å². The van der Waals surface area contributed by atoms with Gasteiger partial charge in [-0.05, 0) is 31.1 Å². The molecule has 0 N–H and O–H groups in total. The summed E-state index contributed by atoms with van der Waals surface area (Å²) in [6, 6.07) is 0. The smallest absolute Gasteiger partial charge is 0.247 e. The maximum atomic E-state index is 6.24. The first-order valence-electron chi connectivity index (χ1n) is 14.2. The molecule has 0 spiro atoms. The van der Waals surface area contributed by atoms with Gasteiger partial charge in [-0.2, -0.15) is 0 Å². The minimum atomic E-state index is -2.17. The number of hydrogen-bond acceptors (Lipinski definition) is 4. The normalized spacial score (nSPS) is 12.0. The Hall–Kier alpha value is 0.920. The van der Waals surface area contributed by atoms with Crippen molar-refractivity contribution in [3.05, 3.63) is 0 Å². The molecule has 0 bridgehead atoms. The highest BCUT2D eigenvalue weighted by Crippen LogP contribution is 2.61. The second-order valence-corrected chi connectivity index (χ2v) is 15.7. The third kappa shape index (κ3) is 24.1. The highest BCUT2D eigenvalue weighted by atomic mass is 32.9. The van der Waals surface area contributed by atoms with Crippen LogP contribution in [0.4, 0.5) is 0 Å². The Balaban J connectivity index is 4.06. The maximum Gasteiger partial charge on any atom is 0.247 e. The Labute approximate surface area is 212 Å². The van der Waals surface area contributed by atoms with Gasteiger partial charge in [0, 0.05) is 5.75 Å². The predicted octanol–water partition coefficient (Wildman–Crippen LogP) is 11.2. The third-order valence-electron chi connectivity index (χ3n) is 5.99. The molecule has 2 nitrogen and oxygen atoms in total. The van der Waals surface area contributed by atoms with Crippen molar-refractivity contribution >= 4 is 28.9 Å². The summed E-state index contributed by atoms with van der Waals surface area (Å²) in [4.78, 5) is 0. The zero-order valence-corrected chi connectivity index (χ0v) is 24.6. The fraction of sp³-hybridized carbons (Fsp3) is 1.00. The van der Waals surface area contributed by atoms with Crippen LogP contribution in [0.1, 0.15) is 156 Å². The van der Waals surface area contributed by atoms with Crippen molar-refractivity contribution in [1.29, 1.82) is 0 Å². The first-order chi connectivity index (χ1) is 15.7. The predicted molar refractivity (Wildman–Crippen MR) is 153 cm³/mol. The van der Waals surface area contributed by atoms with Crippen molar-refractivity contribution in [2.24, 2.45) is 0 Å². The quantitative estimate of drug-likeness (QED) is 0.0810. The van der Waals surface area contributed by atoms with Gasteiger partial charge in [0.25, 0.3) is 0 Å². The molecule has 0 unspecified atom stereocenters. The molecule has 0 aromatic carbocycles. The van der Waals surface area contributed by atoms with Crippen molar-refractivity contribution in [3.63, 3.8) is 0 Å². The van der Waals surface area contributed by atoms with Crippen LogP contribution in [0, 0.1) is 0 Å². The lowest BCUT2D eigenvalue weighted by atomic mass is 10.1.